The van der Waals surface area contributed by atoms with Gasteiger partial charge in [-0.2, -0.15) is 0 Å². The third-order valence-electron chi connectivity index (χ3n) is 14.9. The quantitative estimate of drug-likeness (QED) is 0.0459. The van der Waals surface area contributed by atoms with Crippen molar-refractivity contribution in [3.05, 3.63) is 340 Å². The van der Waals surface area contributed by atoms with E-state index < -0.39 is 18.2 Å². The number of hydrogen-bond donors (Lipinski definition) is 0. The number of rotatable bonds is 27. The van der Waals surface area contributed by atoms with Crippen LogP contribution >= 0.6 is 0 Å². The van der Waals surface area contributed by atoms with Crippen LogP contribution in [0.3, 0.4) is 0 Å². The molecule has 0 bridgehead atoms. The molecule has 0 radical (unpaired) electrons. The van der Waals surface area contributed by atoms with Crippen molar-refractivity contribution in [2.45, 2.75) is 71.5 Å². The Morgan fingerprint density at radius 2 is 0.618 bits per heavy atom. The van der Waals surface area contributed by atoms with Gasteiger partial charge in [0, 0.05) is 29.7 Å². The summed E-state index contributed by atoms with van der Waals surface area (Å²) in [6, 6.07) is 90.0. The first-order valence-corrected chi connectivity index (χ1v) is 29.7. The second-order valence-corrected chi connectivity index (χ2v) is 21.4. The molecule has 12 rings (SSSR count). The molecule has 444 valence electrons. The molecule has 2 atom stereocenters. The largest absolute Gasteiger partial charge is 0.489 e. The zero-order chi connectivity index (χ0) is 60.2. The first-order chi connectivity index (χ1) is 44.0. The van der Waals surface area contributed by atoms with Crippen LogP contribution < -0.4 is 42.6 Å². The maximum Gasteiger partial charge on any atom is 0.338 e. The molecule has 0 unspecified atom stereocenters. The molecule has 1 aliphatic rings. The number of ether oxygens (including phenoxy) is 10. The molecular formula is C78H66O11. The SMILES string of the molecule is O=C(O[C@@H]1Cc2c(OCc3ccccc3)cc(OCc3ccccc3)cc2O[C@@H]1c1cc(OCc2ccccc2)c(OCc2ccccc2)c(OCc2ccccc2)c1)c1cc(OCc2ccccc2)c(OCc2ccccc2)c(OCc2ccccc2)c1. The Kier molecular flexibility index (Phi) is 19.4. The normalized spacial score (nSPS) is 13.2. The van der Waals surface area contributed by atoms with Crippen molar-refractivity contribution in [2.24, 2.45) is 0 Å². The number of fused-ring (bicyclic) bond motifs is 1. The van der Waals surface area contributed by atoms with Crippen molar-refractivity contribution < 1.29 is 52.2 Å². The smallest absolute Gasteiger partial charge is 0.338 e. The zero-order valence-electron chi connectivity index (χ0n) is 49.1. The van der Waals surface area contributed by atoms with Crippen LogP contribution in [-0.4, -0.2) is 12.1 Å². The van der Waals surface area contributed by atoms with Gasteiger partial charge in [0.05, 0.1) is 5.56 Å². The molecule has 0 amide bonds. The van der Waals surface area contributed by atoms with Crippen LogP contribution in [0.25, 0.3) is 0 Å². The summed E-state index contributed by atoms with van der Waals surface area (Å²) in [6.07, 6.45) is -1.86. The summed E-state index contributed by atoms with van der Waals surface area (Å²) in [4.78, 5) is 15.6. The van der Waals surface area contributed by atoms with E-state index >= 15 is 4.79 Å². The van der Waals surface area contributed by atoms with Crippen molar-refractivity contribution in [3.8, 4) is 51.7 Å². The van der Waals surface area contributed by atoms with Crippen LogP contribution in [0.4, 0.5) is 0 Å². The maximum atomic E-state index is 15.6. The Labute approximate surface area is 519 Å². The van der Waals surface area contributed by atoms with Gasteiger partial charge in [-0.1, -0.05) is 243 Å². The molecule has 0 fully saturated rings. The molecular weight excluding hydrogens is 1110 g/mol. The minimum absolute atomic E-state index is 0.147. The average molecular weight is 1180 g/mol. The molecule has 11 aromatic rings. The van der Waals surface area contributed by atoms with Crippen LogP contribution in [0.1, 0.15) is 72.1 Å². The molecule has 0 aliphatic carbocycles. The molecule has 1 heterocycles. The van der Waals surface area contributed by atoms with Gasteiger partial charge in [0.25, 0.3) is 0 Å². The predicted octanol–water partition coefficient (Wildman–Crippen LogP) is 17.2. The third-order valence-corrected chi connectivity index (χ3v) is 14.9. The molecule has 0 N–H and O–H groups in total. The molecule has 0 saturated heterocycles. The predicted molar refractivity (Wildman–Crippen MR) is 342 cm³/mol. The molecule has 0 aromatic heterocycles. The topological polar surface area (TPSA) is 109 Å². The summed E-state index contributed by atoms with van der Waals surface area (Å²) < 4.78 is 67.9. The maximum absolute atomic E-state index is 15.6. The van der Waals surface area contributed by atoms with Crippen molar-refractivity contribution in [1.82, 2.24) is 0 Å². The van der Waals surface area contributed by atoms with Gasteiger partial charge >= 0.3 is 5.97 Å². The molecule has 11 aromatic carbocycles. The number of carbonyl (C=O) groups is 1. The van der Waals surface area contributed by atoms with Gasteiger partial charge in [-0.05, 0) is 68.8 Å². The van der Waals surface area contributed by atoms with Gasteiger partial charge in [-0.3, -0.25) is 0 Å². The van der Waals surface area contributed by atoms with Gasteiger partial charge in [0.1, 0.15) is 76.2 Å². The highest BCUT2D eigenvalue weighted by molar-refractivity contribution is 5.91. The van der Waals surface area contributed by atoms with Gasteiger partial charge in [0.2, 0.25) is 11.5 Å². The van der Waals surface area contributed by atoms with Gasteiger partial charge in [-0.25, -0.2) is 4.79 Å². The summed E-state index contributed by atoms with van der Waals surface area (Å²) in [6.45, 7) is 1.71. The number of hydrogen-bond acceptors (Lipinski definition) is 11. The van der Waals surface area contributed by atoms with Crippen LogP contribution in [-0.2, 0) is 64.0 Å². The van der Waals surface area contributed by atoms with Crippen molar-refractivity contribution >= 4 is 5.97 Å². The van der Waals surface area contributed by atoms with Crippen molar-refractivity contribution in [1.29, 1.82) is 0 Å². The first-order valence-electron chi connectivity index (χ1n) is 29.7. The lowest BCUT2D eigenvalue weighted by Gasteiger charge is -2.35. The second kappa shape index (κ2) is 29.5. The Balaban J connectivity index is 0.978. The molecule has 0 spiro atoms. The van der Waals surface area contributed by atoms with Crippen LogP contribution in [0.15, 0.2) is 279 Å². The zero-order valence-corrected chi connectivity index (χ0v) is 49.1. The minimum Gasteiger partial charge on any atom is -0.489 e. The molecule has 11 heteroatoms. The van der Waals surface area contributed by atoms with Gasteiger partial charge in [0.15, 0.2) is 29.1 Å². The Morgan fingerprint density at radius 3 is 0.955 bits per heavy atom. The third kappa shape index (κ3) is 15.9. The highest BCUT2D eigenvalue weighted by Crippen LogP contribution is 2.49. The summed E-state index contributed by atoms with van der Waals surface area (Å²) in [5, 5.41) is 0. The lowest BCUT2D eigenvalue weighted by atomic mass is 9.93. The fourth-order valence-electron chi connectivity index (χ4n) is 10.3. The molecule has 1 aliphatic heterocycles. The Bertz CT molecular complexity index is 3880. The first kappa shape index (κ1) is 58.5. The van der Waals surface area contributed by atoms with E-state index in [1.165, 1.54) is 0 Å². The summed E-state index contributed by atoms with van der Waals surface area (Å²) in [5.41, 5.74) is 8.95. The van der Waals surface area contributed by atoms with Gasteiger partial charge < -0.3 is 47.4 Å². The lowest BCUT2D eigenvalue weighted by Crippen LogP contribution is -2.35. The monoisotopic (exact) mass is 1180 g/mol. The van der Waals surface area contributed by atoms with Crippen LogP contribution in [0, 0.1) is 0 Å². The number of carbonyl (C=O) groups excluding carboxylic acids is 1. The van der Waals surface area contributed by atoms with Crippen molar-refractivity contribution in [3.63, 3.8) is 0 Å². The van der Waals surface area contributed by atoms with E-state index in [9.17, 15) is 0 Å². The number of benzene rings is 11. The van der Waals surface area contributed by atoms with Crippen molar-refractivity contribution in [2.75, 3.05) is 0 Å². The minimum atomic E-state index is -1.01. The summed E-state index contributed by atoms with van der Waals surface area (Å²) in [5.74, 6) is 2.91. The Morgan fingerprint density at radius 1 is 0.326 bits per heavy atom. The van der Waals surface area contributed by atoms with E-state index in [4.69, 9.17) is 47.4 Å². The summed E-state index contributed by atoms with van der Waals surface area (Å²) >= 11 is 0. The van der Waals surface area contributed by atoms with Gasteiger partial charge in [-0.15, -0.1) is 0 Å². The van der Waals surface area contributed by atoms with E-state index in [2.05, 4.69) is 0 Å². The number of esters is 1. The Hall–Kier alpha value is -10.9. The van der Waals surface area contributed by atoms with E-state index in [0.717, 1.165) is 44.5 Å². The van der Waals surface area contributed by atoms with E-state index in [0.29, 0.717) is 58.0 Å². The molecule has 11 nitrogen and oxygen atoms in total. The average Bonchev–Trinajstić information content (AvgIpc) is 2.76. The highest BCUT2D eigenvalue weighted by Gasteiger charge is 2.39. The van der Waals surface area contributed by atoms with E-state index in [-0.39, 0.29) is 69.7 Å². The standard InChI is InChI=1S/C78H66O11/c79-78(65-43-72(84-52-60-33-17-5-18-34-60)77(87-55-63-39-23-8-24-40-63)73(44-65)85-53-61-35-19-6-20-36-61)89-74-47-67-68(81-49-57-27-11-2-12-28-57)45-66(80-48-56-25-9-1-10-26-56)46-69(67)88-75(74)64-41-70(82-50-58-29-13-3-14-30-58)76(86-54-62-37-21-7-22-38-62)71(42-64)83-51-59-31-15-4-16-32-59/h1-46,74-75H,47-55H2/t74-,75-/m1/s1. The highest BCUT2D eigenvalue weighted by atomic mass is 16.6. The molecule has 0 saturated carbocycles. The fraction of sp³-hybridized carbons (Fsp3) is 0.141. The lowest BCUT2D eigenvalue weighted by molar-refractivity contribution is -0.0191. The molecule has 89 heavy (non-hydrogen) atoms. The van der Waals surface area contributed by atoms with E-state index in [1.54, 1.807) is 12.1 Å². The van der Waals surface area contributed by atoms with Crippen LogP contribution in [0.2, 0.25) is 0 Å². The fourth-order valence-corrected chi connectivity index (χ4v) is 10.3. The van der Waals surface area contributed by atoms with E-state index in [1.807, 2.05) is 267 Å². The summed E-state index contributed by atoms with van der Waals surface area (Å²) in [7, 11) is 0. The second-order valence-electron chi connectivity index (χ2n) is 21.4. The van der Waals surface area contributed by atoms with Crippen LogP contribution in [0.5, 0.6) is 51.7 Å².